The Morgan fingerprint density at radius 2 is 2.09 bits per heavy atom. The van der Waals surface area contributed by atoms with Crippen molar-refractivity contribution in [1.82, 2.24) is 9.55 Å². The van der Waals surface area contributed by atoms with E-state index < -0.39 is 47.0 Å². The third-order valence-electron chi connectivity index (χ3n) is 4.41. The number of nitrogens with zero attached hydrogens (tertiary/aromatic N) is 2. The van der Waals surface area contributed by atoms with Crippen LogP contribution in [0.1, 0.15) is 6.23 Å². The number of morpholine rings is 1. The highest BCUT2D eigenvalue weighted by Crippen LogP contribution is 2.35. The van der Waals surface area contributed by atoms with Crippen molar-refractivity contribution < 1.29 is 24.3 Å². The Bertz CT molecular complexity index is 666. The number of hydrogen-bond donors (Lipinski definition) is 3. The molecule has 128 valence electrons. The molecule has 0 radical (unpaired) electrons. The smallest absolute Gasteiger partial charge is 0.330 e. The first-order chi connectivity index (χ1) is 11.0. The van der Waals surface area contributed by atoms with E-state index in [0.29, 0.717) is 0 Å². The van der Waals surface area contributed by atoms with Gasteiger partial charge in [0.15, 0.2) is 12.3 Å². The number of nitrogens with one attached hydrogen (secondary N) is 1. The van der Waals surface area contributed by atoms with Gasteiger partial charge in [0, 0.05) is 12.3 Å². The summed E-state index contributed by atoms with van der Waals surface area (Å²) in [7, 11) is 0. The average molecular weight is 329 g/mol. The summed E-state index contributed by atoms with van der Waals surface area (Å²) in [5.41, 5.74) is -1.33. The summed E-state index contributed by atoms with van der Waals surface area (Å²) in [5, 5.41) is 33.1. The highest BCUT2D eigenvalue weighted by molar-refractivity contribution is 4.94. The van der Waals surface area contributed by atoms with Gasteiger partial charge in [0.05, 0.1) is 19.8 Å². The van der Waals surface area contributed by atoms with Crippen molar-refractivity contribution in [2.45, 2.75) is 24.5 Å². The number of rotatable bonds is 3. The van der Waals surface area contributed by atoms with Crippen LogP contribution in [0.25, 0.3) is 0 Å². The van der Waals surface area contributed by atoms with Crippen LogP contribution >= 0.6 is 0 Å². The van der Waals surface area contributed by atoms with Gasteiger partial charge in [-0.1, -0.05) is 0 Å². The predicted molar refractivity (Wildman–Crippen MR) is 76.3 cm³/mol. The number of hydroxylamine groups is 3. The van der Waals surface area contributed by atoms with E-state index in [2.05, 4.69) is 4.98 Å². The maximum Gasteiger partial charge on any atom is 0.330 e. The number of ether oxygens (including phenoxy) is 2. The van der Waals surface area contributed by atoms with Crippen molar-refractivity contribution in [3.8, 4) is 0 Å². The second-order valence-corrected chi connectivity index (χ2v) is 5.76. The van der Waals surface area contributed by atoms with Gasteiger partial charge in [0.25, 0.3) is 5.56 Å². The van der Waals surface area contributed by atoms with Gasteiger partial charge in [-0.3, -0.25) is 14.3 Å². The van der Waals surface area contributed by atoms with Gasteiger partial charge in [0.2, 0.25) is 0 Å². The normalized spacial score (nSPS) is 33.7. The van der Waals surface area contributed by atoms with Crippen LogP contribution in [0.5, 0.6) is 0 Å². The zero-order valence-corrected chi connectivity index (χ0v) is 12.3. The summed E-state index contributed by atoms with van der Waals surface area (Å²) in [4.78, 5) is 25.1. The van der Waals surface area contributed by atoms with E-state index in [-0.39, 0.29) is 26.3 Å². The summed E-state index contributed by atoms with van der Waals surface area (Å²) in [6, 6.07) is 0.183. The van der Waals surface area contributed by atoms with Crippen LogP contribution in [0.2, 0.25) is 0 Å². The van der Waals surface area contributed by atoms with Gasteiger partial charge in [-0.25, -0.2) is 4.79 Å². The maximum absolute atomic E-state index is 13.0. The van der Waals surface area contributed by atoms with Crippen LogP contribution in [0.4, 0.5) is 0 Å². The lowest BCUT2D eigenvalue weighted by atomic mass is 10.0. The molecule has 2 saturated heterocycles. The number of quaternary nitrogens is 1. The molecular formula is C13H19N3O7. The molecule has 3 rings (SSSR count). The highest BCUT2D eigenvalue weighted by atomic mass is 16.6. The van der Waals surface area contributed by atoms with Gasteiger partial charge in [-0.05, 0) is 0 Å². The summed E-state index contributed by atoms with van der Waals surface area (Å²) in [5.74, 6) is 0. The minimum Gasteiger partial charge on any atom is -0.632 e. The Morgan fingerprint density at radius 1 is 1.39 bits per heavy atom. The number of aromatic amines is 1. The van der Waals surface area contributed by atoms with Crippen LogP contribution in [-0.4, -0.2) is 75.6 Å². The van der Waals surface area contributed by atoms with E-state index >= 15 is 0 Å². The van der Waals surface area contributed by atoms with Crippen molar-refractivity contribution in [2.75, 3.05) is 32.9 Å². The quantitative estimate of drug-likeness (QED) is 0.412. The molecule has 0 saturated carbocycles. The maximum atomic E-state index is 13.0. The fourth-order valence-electron chi connectivity index (χ4n) is 3.27. The van der Waals surface area contributed by atoms with Gasteiger partial charge in [-0.2, -0.15) is 0 Å². The minimum atomic E-state index is -1.30. The minimum absolute atomic E-state index is 0.134. The fourth-order valence-corrected chi connectivity index (χ4v) is 3.27. The molecule has 0 aromatic carbocycles. The summed E-state index contributed by atoms with van der Waals surface area (Å²) in [6.07, 6.45) is -2.16. The summed E-state index contributed by atoms with van der Waals surface area (Å²) >= 11 is 0. The monoisotopic (exact) mass is 329 g/mol. The van der Waals surface area contributed by atoms with Gasteiger partial charge < -0.3 is 29.5 Å². The van der Waals surface area contributed by atoms with E-state index in [0.717, 1.165) is 10.6 Å². The number of aliphatic hydroxyl groups excluding tert-OH is 2. The number of H-pyrrole nitrogens is 1. The van der Waals surface area contributed by atoms with Crippen molar-refractivity contribution in [1.29, 1.82) is 0 Å². The zero-order valence-electron chi connectivity index (χ0n) is 12.3. The molecule has 1 aromatic heterocycles. The van der Waals surface area contributed by atoms with Crippen molar-refractivity contribution in [3.05, 3.63) is 38.3 Å². The van der Waals surface area contributed by atoms with E-state index in [1.165, 1.54) is 6.20 Å². The number of hydrogen-bond acceptors (Lipinski definition) is 7. The molecule has 1 aromatic rings. The first kappa shape index (κ1) is 16.3. The van der Waals surface area contributed by atoms with E-state index in [1.807, 2.05) is 0 Å². The molecule has 3 N–H and O–H groups in total. The van der Waals surface area contributed by atoms with Crippen LogP contribution in [0.3, 0.4) is 0 Å². The Labute approximate surface area is 130 Å². The molecule has 0 unspecified atom stereocenters. The molecule has 10 nitrogen and oxygen atoms in total. The largest absolute Gasteiger partial charge is 0.632 e. The number of aromatic nitrogens is 2. The first-order valence-corrected chi connectivity index (χ1v) is 7.37. The van der Waals surface area contributed by atoms with Gasteiger partial charge in [-0.15, -0.1) is 0 Å². The molecule has 2 aliphatic heterocycles. The van der Waals surface area contributed by atoms with Crippen molar-refractivity contribution in [2.24, 2.45) is 0 Å². The topological polar surface area (TPSA) is 137 Å². The second kappa shape index (κ2) is 6.15. The molecule has 0 amide bonds. The molecule has 23 heavy (non-hydrogen) atoms. The lowest BCUT2D eigenvalue weighted by Crippen LogP contribution is -2.63. The van der Waals surface area contributed by atoms with Crippen LogP contribution in [0, 0.1) is 5.21 Å². The third kappa shape index (κ3) is 2.84. The average Bonchev–Trinajstić information content (AvgIpc) is 2.85. The van der Waals surface area contributed by atoms with E-state index in [4.69, 9.17) is 9.47 Å². The molecule has 2 fully saturated rings. The highest BCUT2D eigenvalue weighted by Gasteiger charge is 2.53. The molecular weight excluding hydrogens is 310 g/mol. The van der Waals surface area contributed by atoms with E-state index in [9.17, 15) is 25.0 Å². The summed E-state index contributed by atoms with van der Waals surface area (Å²) in [6.45, 7) is 0.325. The lowest BCUT2D eigenvalue weighted by molar-refractivity contribution is -0.917. The molecule has 4 atom stereocenters. The SMILES string of the molecule is O=c1ccn([C@@H]2O[C@H](CO)[C@@H]([N+]3([O-])CCOCC3)[C@@H]2O)c(=O)[nH]1. The van der Waals surface area contributed by atoms with Gasteiger partial charge >= 0.3 is 5.69 Å². The predicted octanol–water partition coefficient (Wildman–Crippen LogP) is -2.50. The van der Waals surface area contributed by atoms with Crippen molar-refractivity contribution in [3.63, 3.8) is 0 Å². The summed E-state index contributed by atoms with van der Waals surface area (Å²) < 4.78 is 11.0. The second-order valence-electron chi connectivity index (χ2n) is 5.76. The molecule has 0 spiro atoms. The lowest BCUT2D eigenvalue weighted by Gasteiger charge is -2.51. The number of aliphatic hydroxyl groups is 2. The third-order valence-corrected chi connectivity index (χ3v) is 4.41. The van der Waals surface area contributed by atoms with Gasteiger partial charge in [0.1, 0.15) is 25.2 Å². The van der Waals surface area contributed by atoms with Crippen molar-refractivity contribution >= 4 is 0 Å². The molecule has 2 aliphatic rings. The fraction of sp³-hybridized carbons (Fsp3) is 0.692. The Morgan fingerprint density at radius 3 is 2.70 bits per heavy atom. The Hall–Kier alpha value is -1.56. The standard InChI is InChI=1S/C13H19N3O7/c17-7-8-10(16(21)3-5-22-6-4-16)11(19)12(23-8)15-2-1-9(18)14-13(15)20/h1-2,8,10-12,17,19H,3-7H2,(H,14,18,20)/t8-,10-,11+,12-/m1/s1. The van der Waals surface area contributed by atoms with Crippen LogP contribution < -0.4 is 11.2 Å². The zero-order chi connectivity index (χ0) is 16.6. The first-order valence-electron chi connectivity index (χ1n) is 7.37. The molecule has 0 bridgehead atoms. The molecule has 3 heterocycles. The Kier molecular flexibility index (Phi) is 4.36. The Balaban J connectivity index is 1.93. The van der Waals surface area contributed by atoms with Crippen LogP contribution in [0.15, 0.2) is 21.9 Å². The van der Waals surface area contributed by atoms with Crippen LogP contribution in [-0.2, 0) is 9.47 Å². The van der Waals surface area contributed by atoms with E-state index in [1.54, 1.807) is 0 Å². The molecule has 0 aliphatic carbocycles. The molecule has 10 heteroatoms.